The van der Waals surface area contributed by atoms with Gasteiger partial charge in [-0.05, 0) is 38.1 Å². The Labute approximate surface area is 206 Å². The van der Waals surface area contributed by atoms with E-state index in [1.807, 2.05) is 0 Å². The average Bonchev–Trinajstić information content (AvgIpc) is 2.83. The molecular formula is C26H25F2N3O5. The van der Waals surface area contributed by atoms with Crippen LogP contribution in [0.4, 0.5) is 8.78 Å². The van der Waals surface area contributed by atoms with Gasteiger partial charge in [-0.3, -0.25) is 14.8 Å². The summed E-state index contributed by atoms with van der Waals surface area (Å²) in [7, 11) is 1.07. The third kappa shape index (κ3) is 4.29. The van der Waals surface area contributed by atoms with Crippen molar-refractivity contribution in [2.75, 3.05) is 13.7 Å². The number of aromatic nitrogens is 1. The van der Waals surface area contributed by atoms with Crippen LogP contribution in [0.3, 0.4) is 0 Å². The molecule has 2 heterocycles. The van der Waals surface area contributed by atoms with E-state index in [1.54, 1.807) is 44.2 Å². The van der Waals surface area contributed by atoms with Crippen molar-refractivity contribution in [1.29, 1.82) is 0 Å². The van der Waals surface area contributed by atoms with Gasteiger partial charge in [0.1, 0.15) is 23.9 Å². The minimum atomic E-state index is -3.13. The molecule has 1 aliphatic heterocycles. The Morgan fingerprint density at radius 3 is 2.61 bits per heavy atom. The first-order chi connectivity index (χ1) is 17.0. The van der Waals surface area contributed by atoms with Gasteiger partial charge in [-0.2, -0.15) is 0 Å². The number of benzene rings is 2. The number of hydrogen-bond acceptors (Lipinski definition) is 7. The molecule has 1 aliphatic rings. The largest absolute Gasteiger partial charge is 0.491 e. The van der Waals surface area contributed by atoms with Gasteiger partial charge >= 0.3 is 0 Å². The minimum absolute atomic E-state index is 0.0244. The van der Waals surface area contributed by atoms with Crippen LogP contribution < -0.4 is 15.2 Å². The first-order valence-electron chi connectivity index (χ1n) is 11.0. The number of para-hydroxylation sites is 1. The highest BCUT2D eigenvalue weighted by Crippen LogP contribution is 2.50. The number of ether oxygens (including phenoxy) is 3. The Hall–Kier alpha value is -3.89. The summed E-state index contributed by atoms with van der Waals surface area (Å²) in [6.45, 7) is 3.33. The lowest BCUT2D eigenvalue weighted by Crippen LogP contribution is -2.60. The summed E-state index contributed by atoms with van der Waals surface area (Å²) >= 11 is 0. The van der Waals surface area contributed by atoms with Gasteiger partial charge in [0.05, 0.1) is 23.5 Å². The maximum atomic E-state index is 16.0. The van der Waals surface area contributed by atoms with Crippen LogP contribution in [0.25, 0.3) is 10.9 Å². The monoisotopic (exact) mass is 497 g/mol. The van der Waals surface area contributed by atoms with Crippen LogP contribution in [0.5, 0.6) is 17.2 Å². The second-order valence-corrected chi connectivity index (χ2v) is 8.90. The van der Waals surface area contributed by atoms with Gasteiger partial charge < -0.3 is 25.1 Å². The highest BCUT2D eigenvalue weighted by atomic mass is 19.2. The van der Waals surface area contributed by atoms with Crippen molar-refractivity contribution in [3.05, 3.63) is 72.3 Å². The number of rotatable bonds is 8. The second kappa shape index (κ2) is 9.29. The van der Waals surface area contributed by atoms with Crippen molar-refractivity contribution in [3.63, 3.8) is 0 Å². The van der Waals surface area contributed by atoms with Crippen molar-refractivity contribution in [2.24, 2.45) is 10.7 Å². The van der Waals surface area contributed by atoms with Gasteiger partial charge in [0.25, 0.3) is 11.6 Å². The molecular weight excluding hydrogens is 472 g/mol. The first kappa shape index (κ1) is 25.2. The van der Waals surface area contributed by atoms with Crippen LogP contribution >= 0.6 is 0 Å². The molecule has 3 N–H and O–H groups in total. The van der Waals surface area contributed by atoms with E-state index in [0.717, 1.165) is 13.3 Å². The zero-order chi connectivity index (χ0) is 26.1. The zero-order valence-electron chi connectivity index (χ0n) is 19.9. The van der Waals surface area contributed by atoms with E-state index in [0.29, 0.717) is 28.6 Å². The van der Waals surface area contributed by atoms with Crippen LogP contribution in [0.2, 0.25) is 0 Å². The smallest absolute Gasteiger partial charge is 0.264 e. The number of aliphatic imine (C=N–C) groups is 1. The number of amides is 1. The van der Waals surface area contributed by atoms with E-state index >= 15 is 8.78 Å². The Kier molecular flexibility index (Phi) is 6.50. The Morgan fingerprint density at radius 1 is 1.17 bits per heavy atom. The quantitative estimate of drug-likeness (QED) is 0.484. The standard InChI is InChI=1S/C26H25F2N3O5/c1-24(2,33)15-35-16-8-9-17-19(12-16)31-11-10-20(17)36-21-7-5-4-6-18(21)26(34-3)22(27)13-30-14-25(26,28)23(29)32/h4-14,33H,15H2,1-3H3,(H2,29,32). The topological polar surface area (TPSA) is 116 Å². The van der Waals surface area contributed by atoms with Crippen molar-refractivity contribution in [2.45, 2.75) is 30.7 Å². The fraction of sp³-hybridized carbons (Fsp3) is 0.269. The number of carbonyl (C=O) groups is 1. The van der Waals surface area contributed by atoms with E-state index in [4.69, 9.17) is 19.9 Å². The van der Waals surface area contributed by atoms with Crippen molar-refractivity contribution >= 4 is 23.0 Å². The predicted molar refractivity (Wildman–Crippen MR) is 129 cm³/mol. The molecule has 0 saturated heterocycles. The number of fused-ring (bicyclic) bond motifs is 1. The molecule has 188 valence electrons. The average molecular weight is 497 g/mol. The van der Waals surface area contributed by atoms with E-state index in [9.17, 15) is 9.90 Å². The van der Waals surface area contributed by atoms with Crippen LogP contribution in [0.1, 0.15) is 19.4 Å². The number of nitrogens with zero attached hydrogens (tertiary/aromatic N) is 2. The molecule has 36 heavy (non-hydrogen) atoms. The highest BCUT2D eigenvalue weighted by Gasteiger charge is 2.63. The molecule has 2 unspecified atom stereocenters. The molecule has 1 aromatic heterocycles. The lowest BCUT2D eigenvalue weighted by molar-refractivity contribution is -0.145. The molecule has 2 atom stereocenters. The van der Waals surface area contributed by atoms with Crippen molar-refractivity contribution < 1.29 is 32.9 Å². The van der Waals surface area contributed by atoms with Gasteiger partial charge in [0.15, 0.2) is 11.4 Å². The maximum absolute atomic E-state index is 16.0. The molecule has 1 amide bonds. The molecule has 0 spiro atoms. The van der Waals surface area contributed by atoms with Gasteiger partial charge in [-0.25, -0.2) is 8.78 Å². The number of nitrogens with two attached hydrogens (primary N) is 1. The van der Waals surface area contributed by atoms with Gasteiger partial charge in [-0.1, -0.05) is 18.2 Å². The fourth-order valence-corrected chi connectivity index (χ4v) is 3.98. The number of aliphatic hydroxyl groups is 1. The van der Waals surface area contributed by atoms with E-state index < -0.39 is 28.6 Å². The lowest BCUT2D eigenvalue weighted by Gasteiger charge is -2.41. The summed E-state index contributed by atoms with van der Waals surface area (Å²) in [5, 5.41) is 10.5. The summed E-state index contributed by atoms with van der Waals surface area (Å²) in [6, 6.07) is 12.7. The predicted octanol–water partition coefficient (Wildman–Crippen LogP) is 4.11. The molecule has 0 fully saturated rings. The first-order valence-corrected chi connectivity index (χ1v) is 11.0. The number of methoxy groups -OCH3 is 1. The van der Waals surface area contributed by atoms with Crippen molar-refractivity contribution in [1.82, 2.24) is 4.98 Å². The van der Waals surface area contributed by atoms with Crippen LogP contribution in [-0.2, 0) is 15.1 Å². The Morgan fingerprint density at radius 2 is 1.92 bits per heavy atom. The van der Waals surface area contributed by atoms with E-state index in [1.165, 1.54) is 24.4 Å². The number of halogens is 2. The summed E-state index contributed by atoms with van der Waals surface area (Å²) in [4.78, 5) is 20.0. The highest BCUT2D eigenvalue weighted by molar-refractivity contribution is 6.04. The molecule has 0 saturated carbocycles. The normalized spacial score (nSPS) is 21.8. The van der Waals surface area contributed by atoms with Gasteiger partial charge in [0.2, 0.25) is 0 Å². The van der Waals surface area contributed by atoms with E-state index in [-0.39, 0.29) is 17.9 Å². The molecule has 10 heteroatoms. The fourth-order valence-electron chi connectivity index (χ4n) is 3.98. The lowest BCUT2D eigenvalue weighted by atomic mass is 9.76. The summed E-state index contributed by atoms with van der Waals surface area (Å²) in [6.07, 6.45) is 2.89. The summed E-state index contributed by atoms with van der Waals surface area (Å²) < 4.78 is 48.4. The number of hydrogen-bond donors (Lipinski definition) is 2. The number of carbonyl (C=O) groups excluding carboxylic acids is 1. The van der Waals surface area contributed by atoms with Gasteiger partial charge in [-0.15, -0.1) is 0 Å². The SMILES string of the molecule is COC1(c2ccccc2Oc2ccnc3cc(OCC(C)(C)O)ccc23)C(F)=CN=CC1(F)C(N)=O. The third-order valence-corrected chi connectivity index (χ3v) is 5.71. The Bertz CT molecular complexity index is 1370. The second-order valence-electron chi connectivity index (χ2n) is 8.90. The molecule has 0 bridgehead atoms. The molecule has 2 aromatic carbocycles. The summed E-state index contributed by atoms with van der Waals surface area (Å²) in [5.74, 6) is -1.79. The Balaban J connectivity index is 1.78. The van der Waals surface area contributed by atoms with E-state index in [2.05, 4.69) is 9.98 Å². The van der Waals surface area contributed by atoms with Crippen LogP contribution in [0, 0.1) is 0 Å². The van der Waals surface area contributed by atoms with Crippen molar-refractivity contribution in [3.8, 4) is 17.2 Å². The van der Waals surface area contributed by atoms with Crippen LogP contribution in [0.15, 0.2) is 71.7 Å². The third-order valence-electron chi connectivity index (χ3n) is 5.71. The number of primary amides is 1. The molecule has 4 rings (SSSR count). The van der Waals surface area contributed by atoms with Gasteiger partial charge in [0, 0.05) is 30.3 Å². The molecule has 3 aromatic rings. The summed E-state index contributed by atoms with van der Waals surface area (Å²) in [5.41, 5.74) is -0.952. The minimum Gasteiger partial charge on any atom is -0.491 e. The zero-order valence-corrected chi connectivity index (χ0v) is 19.9. The number of alkyl halides is 1. The number of pyridine rings is 1. The van der Waals surface area contributed by atoms with Crippen LogP contribution in [-0.4, -0.2) is 47.2 Å². The molecule has 0 aliphatic carbocycles. The maximum Gasteiger partial charge on any atom is 0.264 e. The molecule has 8 nitrogen and oxygen atoms in total. The molecule has 0 radical (unpaired) electrons.